The Labute approximate surface area is 350 Å². The second-order valence-corrected chi connectivity index (χ2v) is 22.2. The van der Waals surface area contributed by atoms with Crippen LogP contribution >= 0.6 is 0 Å². The lowest BCUT2D eigenvalue weighted by atomic mass is 9.77. The van der Waals surface area contributed by atoms with E-state index in [4.69, 9.17) is 0 Å². The molecule has 0 spiro atoms. The van der Waals surface area contributed by atoms with Gasteiger partial charge in [-0.15, -0.1) is 0 Å². The van der Waals surface area contributed by atoms with Gasteiger partial charge in [0.2, 0.25) is 0 Å². The van der Waals surface area contributed by atoms with Gasteiger partial charge in [-0.3, -0.25) is 0 Å². The first-order valence-electron chi connectivity index (χ1n) is 21.6. The number of nitrogens with zero attached hydrogens (tertiary/aromatic N) is 1. The summed E-state index contributed by atoms with van der Waals surface area (Å²) in [6.07, 6.45) is 3.14. The SMILES string of the molecule is CC(C)(C)Cc1cc(CC(C)(C)C)c(-c2ccc(N(c3ccc4c(c3)C(C)(C)c3ccccc3-4)c3ccc4c(c3)C(C)(C)c3ccccc3-4)cc2)c(CC(C)(C)C)c1. The van der Waals surface area contributed by atoms with Gasteiger partial charge in [-0.25, -0.2) is 0 Å². The third-order valence-electron chi connectivity index (χ3n) is 12.6. The summed E-state index contributed by atoms with van der Waals surface area (Å²) >= 11 is 0. The minimum atomic E-state index is -0.0922. The molecular weight excluding hydrogens is 699 g/mol. The molecule has 2 aliphatic carbocycles. The summed E-state index contributed by atoms with van der Waals surface area (Å²) in [5, 5.41) is 0. The summed E-state index contributed by atoms with van der Waals surface area (Å²) in [5.74, 6) is 0. The van der Waals surface area contributed by atoms with Crippen molar-refractivity contribution in [2.45, 2.75) is 120 Å². The molecule has 8 rings (SSSR count). The number of anilines is 3. The minimum Gasteiger partial charge on any atom is -0.310 e. The van der Waals surface area contributed by atoms with Gasteiger partial charge >= 0.3 is 0 Å². The van der Waals surface area contributed by atoms with Crippen LogP contribution in [-0.2, 0) is 30.1 Å². The minimum absolute atomic E-state index is 0.0922. The van der Waals surface area contributed by atoms with E-state index in [-0.39, 0.29) is 27.1 Å². The van der Waals surface area contributed by atoms with E-state index >= 15 is 0 Å². The molecule has 1 heteroatoms. The fourth-order valence-electron chi connectivity index (χ4n) is 10.2. The highest BCUT2D eigenvalue weighted by Crippen LogP contribution is 2.53. The van der Waals surface area contributed by atoms with Crippen LogP contribution in [0.15, 0.2) is 121 Å². The van der Waals surface area contributed by atoms with Crippen LogP contribution in [0.1, 0.15) is 129 Å². The van der Waals surface area contributed by atoms with Crippen molar-refractivity contribution in [2.24, 2.45) is 16.2 Å². The van der Waals surface area contributed by atoms with Crippen LogP contribution in [0.2, 0.25) is 0 Å². The Morgan fingerprint density at radius 3 is 1.19 bits per heavy atom. The van der Waals surface area contributed by atoms with Crippen molar-refractivity contribution in [2.75, 3.05) is 4.90 Å². The highest BCUT2D eigenvalue weighted by molar-refractivity contribution is 5.88. The lowest BCUT2D eigenvalue weighted by molar-refractivity contribution is 0.400. The maximum absolute atomic E-state index is 2.53. The van der Waals surface area contributed by atoms with Crippen molar-refractivity contribution in [3.05, 3.63) is 160 Å². The summed E-state index contributed by atoms with van der Waals surface area (Å²) in [6, 6.07) is 46.9. The lowest BCUT2D eigenvalue weighted by Gasteiger charge is -2.30. The topological polar surface area (TPSA) is 3.24 Å². The Kier molecular flexibility index (Phi) is 9.54. The predicted molar refractivity (Wildman–Crippen MR) is 251 cm³/mol. The molecule has 0 bridgehead atoms. The molecule has 6 aromatic carbocycles. The standard InChI is InChI=1S/C57H65N/c1-53(2,3)34-37-30-39(35-54(4,5)6)52(40(31-37)36-55(7,8)9)38-22-24-41(25-23-38)58(42-26-28-46-44-18-14-16-20-48(44)56(10,11)50(46)32-42)43-27-29-47-45-19-15-17-21-49(45)57(12,13)51(47)33-43/h14-33H,34-36H2,1-13H3. The van der Waals surface area contributed by atoms with Gasteiger partial charge in [0.15, 0.2) is 0 Å². The second-order valence-electron chi connectivity index (χ2n) is 22.2. The summed E-state index contributed by atoms with van der Waals surface area (Å²) < 4.78 is 0. The van der Waals surface area contributed by atoms with Crippen molar-refractivity contribution < 1.29 is 0 Å². The average molecular weight is 764 g/mol. The highest BCUT2D eigenvalue weighted by Gasteiger charge is 2.38. The van der Waals surface area contributed by atoms with Gasteiger partial charge in [0.05, 0.1) is 0 Å². The zero-order chi connectivity index (χ0) is 41.6. The Morgan fingerprint density at radius 2 is 0.776 bits per heavy atom. The Hall–Kier alpha value is -4.88. The fraction of sp³-hybridized carbons (Fsp3) is 0.368. The van der Waals surface area contributed by atoms with Crippen LogP contribution in [0.4, 0.5) is 17.1 Å². The summed E-state index contributed by atoms with van der Waals surface area (Å²) in [7, 11) is 0. The van der Waals surface area contributed by atoms with E-state index in [0.29, 0.717) is 0 Å². The Morgan fingerprint density at radius 1 is 0.397 bits per heavy atom. The Balaban J connectivity index is 1.29. The van der Waals surface area contributed by atoms with Crippen LogP contribution in [0, 0.1) is 16.2 Å². The number of hydrogen-bond donors (Lipinski definition) is 0. The zero-order valence-electron chi connectivity index (χ0n) is 37.6. The van der Waals surface area contributed by atoms with E-state index in [9.17, 15) is 0 Å². The van der Waals surface area contributed by atoms with Gasteiger partial charge in [-0.1, -0.05) is 175 Å². The molecule has 0 atom stereocenters. The van der Waals surface area contributed by atoms with E-state index in [1.165, 1.54) is 89.4 Å². The molecule has 1 nitrogen and oxygen atoms in total. The maximum atomic E-state index is 2.53. The van der Waals surface area contributed by atoms with Gasteiger partial charge in [0.1, 0.15) is 0 Å². The smallest absolute Gasteiger partial charge is 0.0465 e. The first-order valence-corrected chi connectivity index (χ1v) is 21.6. The Bertz CT molecular complexity index is 2380. The molecule has 0 aliphatic heterocycles. The molecule has 0 saturated heterocycles. The quantitative estimate of drug-likeness (QED) is 0.157. The number of hydrogen-bond acceptors (Lipinski definition) is 1. The van der Waals surface area contributed by atoms with Crippen molar-refractivity contribution in [1.29, 1.82) is 0 Å². The van der Waals surface area contributed by atoms with E-state index in [0.717, 1.165) is 19.3 Å². The van der Waals surface area contributed by atoms with E-state index < -0.39 is 0 Å². The molecule has 0 saturated carbocycles. The molecule has 0 aromatic heterocycles. The highest BCUT2D eigenvalue weighted by atomic mass is 15.1. The molecule has 0 radical (unpaired) electrons. The monoisotopic (exact) mass is 764 g/mol. The van der Waals surface area contributed by atoms with Crippen molar-refractivity contribution in [3.8, 4) is 33.4 Å². The lowest BCUT2D eigenvalue weighted by Crippen LogP contribution is -2.18. The van der Waals surface area contributed by atoms with Crippen LogP contribution in [0.5, 0.6) is 0 Å². The molecule has 2 aliphatic rings. The van der Waals surface area contributed by atoms with Crippen molar-refractivity contribution in [3.63, 3.8) is 0 Å². The third-order valence-corrected chi connectivity index (χ3v) is 12.6. The number of rotatable bonds is 7. The first kappa shape index (κ1) is 39.9. The zero-order valence-corrected chi connectivity index (χ0v) is 37.6. The third kappa shape index (κ3) is 7.36. The van der Waals surface area contributed by atoms with Gasteiger partial charge in [0, 0.05) is 27.9 Å². The summed E-state index contributed by atoms with van der Waals surface area (Å²) in [5.41, 5.74) is 22.0. The fourth-order valence-corrected chi connectivity index (χ4v) is 10.2. The molecule has 0 unspecified atom stereocenters. The molecule has 298 valence electrons. The van der Waals surface area contributed by atoms with Crippen LogP contribution in [0.25, 0.3) is 33.4 Å². The summed E-state index contributed by atoms with van der Waals surface area (Å²) in [4.78, 5) is 2.50. The second kappa shape index (κ2) is 13.9. The molecule has 0 fully saturated rings. The van der Waals surface area contributed by atoms with E-state index in [1.54, 1.807) is 0 Å². The van der Waals surface area contributed by atoms with Crippen molar-refractivity contribution in [1.82, 2.24) is 0 Å². The van der Waals surface area contributed by atoms with E-state index in [2.05, 4.69) is 216 Å². The van der Waals surface area contributed by atoms with E-state index in [1.807, 2.05) is 0 Å². The van der Waals surface area contributed by atoms with Gasteiger partial charge in [-0.2, -0.15) is 0 Å². The number of benzene rings is 6. The molecule has 0 amide bonds. The van der Waals surface area contributed by atoms with Crippen molar-refractivity contribution >= 4 is 17.1 Å². The van der Waals surface area contributed by atoms with Crippen LogP contribution in [-0.4, -0.2) is 0 Å². The largest absolute Gasteiger partial charge is 0.310 e. The predicted octanol–water partition coefficient (Wildman–Crippen LogP) is 16.2. The maximum Gasteiger partial charge on any atom is 0.0465 e. The average Bonchev–Trinajstić information content (AvgIpc) is 3.49. The van der Waals surface area contributed by atoms with Crippen LogP contribution < -0.4 is 4.90 Å². The number of fused-ring (bicyclic) bond motifs is 6. The molecule has 0 N–H and O–H groups in total. The molecule has 0 heterocycles. The van der Waals surface area contributed by atoms with Gasteiger partial charge in [-0.05, 0) is 144 Å². The summed E-state index contributed by atoms with van der Waals surface area (Å²) in [6.45, 7) is 30.9. The van der Waals surface area contributed by atoms with Gasteiger partial charge < -0.3 is 4.90 Å². The molecular formula is C57H65N. The molecule has 6 aromatic rings. The normalized spacial score (nSPS) is 15.1. The molecule has 58 heavy (non-hydrogen) atoms. The van der Waals surface area contributed by atoms with Crippen LogP contribution in [0.3, 0.4) is 0 Å². The first-order chi connectivity index (χ1) is 27.1. The van der Waals surface area contributed by atoms with Gasteiger partial charge in [0.25, 0.3) is 0 Å².